The fourth-order valence-corrected chi connectivity index (χ4v) is 6.72. The van der Waals surface area contributed by atoms with E-state index >= 15 is 0 Å². The summed E-state index contributed by atoms with van der Waals surface area (Å²) in [6.45, 7) is 8.16. The molecule has 0 aliphatic rings. The van der Waals surface area contributed by atoms with Crippen molar-refractivity contribution in [2.45, 2.75) is 40.7 Å². The third-order valence-electron chi connectivity index (χ3n) is 6.36. The van der Waals surface area contributed by atoms with Gasteiger partial charge in [0.15, 0.2) is 11.6 Å². The van der Waals surface area contributed by atoms with Crippen LogP contribution in [-0.2, 0) is 13.0 Å². The lowest BCUT2D eigenvalue weighted by molar-refractivity contribution is 0.433. The smallest absolute Gasteiger partial charge is 0.262 e. The van der Waals surface area contributed by atoms with E-state index in [1.807, 2.05) is 57.2 Å². The third kappa shape index (κ3) is 4.74. The van der Waals surface area contributed by atoms with Gasteiger partial charge in [-0.2, -0.15) is 0 Å². The highest BCUT2D eigenvalue weighted by Crippen LogP contribution is 2.40. The predicted octanol–water partition coefficient (Wildman–Crippen LogP) is 7.08. The minimum atomic E-state index is -0.753. The summed E-state index contributed by atoms with van der Waals surface area (Å²) in [6.07, 6.45) is 0.585. The number of hydrogen-bond donors (Lipinski definition) is 1. The Hall–Kier alpha value is -3.62. The van der Waals surface area contributed by atoms with Crippen LogP contribution in [0.4, 0.5) is 4.39 Å². The van der Waals surface area contributed by atoms with Gasteiger partial charge in [-0.05, 0) is 57.9 Å². The maximum absolute atomic E-state index is 14.3. The predicted molar refractivity (Wildman–Crippen MR) is 149 cm³/mol. The Labute approximate surface area is 222 Å². The van der Waals surface area contributed by atoms with Crippen molar-refractivity contribution in [2.24, 2.45) is 0 Å². The highest BCUT2D eigenvalue weighted by molar-refractivity contribution is 7.18. The molecule has 1 N–H and O–H groups in total. The Morgan fingerprint density at radius 1 is 0.919 bits per heavy atom. The van der Waals surface area contributed by atoms with Gasteiger partial charge in [0.1, 0.15) is 5.82 Å². The average molecular weight is 532 g/mol. The maximum atomic E-state index is 14.3. The molecule has 0 bridgehead atoms. The fraction of sp³-hybridized carbons (Fsp3) is 0.207. The van der Waals surface area contributed by atoms with Gasteiger partial charge in [-0.1, -0.05) is 36.4 Å². The van der Waals surface area contributed by atoms with Crippen LogP contribution in [-0.4, -0.2) is 19.6 Å². The highest BCUT2D eigenvalue weighted by atomic mass is 32.1. The summed E-state index contributed by atoms with van der Waals surface area (Å²) >= 11 is 3.20. The number of halogens is 1. The second-order valence-corrected chi connectivity index (χ2v) is 11.4. The van der Waals surface area contributed by atoms with Crippen LogP contribution in [0.25, 0.3) is 32.3 Å². The van der Waals surface area contributed by atoms with Crippen molar-refractivity contribution in [3.63, 3.8) is 0 Å². The molecule has 0 atom stereocenters. The van der Waals surface area contributed by atoms with Crippen LogP contribution in [0, 0.1) is 33.5 Å². The fourth-order valence-electron chi connectivity index (χ4n) is 4.55. The summed E-state index contributed by atoms with van der Waals surface area (Å²) < 4.78 is 15.8. The molecule has 0 radical (unpaired) electrons. The van der Waals surface area contributed by atoms with Crippen LogP contribution in [0.2, 0.25) is 0 Å². The summed E-state index contributed by atoms with van der Waals surface area (Å²) in [5, 5.41) is 11.5. The molecule has 0 fully saturated rings. The molecule has 3 aromatic heterocycles. The zero-order valence-corrected chi connectivity index (χ0v) is 22.6. The van der Waals surface area contributed by atoms with E-state index in [1.54, 1.807) is 40.2 Å². The molecule has 2 aromatic carbocycles. The number of benzene rings is 2. The number of nitrogens with zero attached hydrogens (tertiary/aromatic N) is 3. The molecule has 5 aromatic rings. The number of aromatic nitrogens is 3. The molecule has 0 aliphatic carbocycles. The molecule has 37 heavy (non-hydrogen) atoms. The summed E-state index contributed by atoms with van der Waals surface area (Å²) in [5.74, 6) is -1.02. The molecule has 5 nitrogen and oxygen atoms in total. The lowest BCUT2D eigenvalue weighted by atomic mass is 10.1. The summed E-state index contributed by atoms with van der Waals surface area (Å²) in [5.41, 5.74) is 4.14. The number of hydrogen-bond acceptors (Lipinski definition) is 6. The lowest BCUT2D eigenvalue weighted by Crippen LogP contribution is -2.27. The van der Waals surface area contributed by atoms with Crippen molar-refractivity contribution in [3.8, 4) is 38.0 Å². The number of aromatic hydroxyl groups is 1. The third-order valence-corrected chi connectivity index (χ3v) is 8.53. The van der Waals surface area contributed by atoms with Gasteiger partial charge in [-0.25, -0.2) is 14.4 Å². The standard InChI is InChI=1S/C29H26FN3O2S2/c1-16-25(24-15-22(18(3)36-24)27-17(2)31-19(4)37-27)29(35)33(14-13-20-9-6-5-7-10-20)28(32-16)21-11-8-12-23(30)26(21)34/h5-12,15,34H,13-14H2,1-4H3. The minimum Gasteiger partial charge on any atom is -0.504 e. The van der Waals surface area contributed by atoms with Gasteiger partial charge in [0.2, 0.25) is 0 Å². The van der Waals surface area contributed by atoms with E-state index in [4.69, 9.17) is 4.98 Å². The number of rotatable bonds is 6. The van der Waals surface area contributed by atoms with Crippen molar-refractivity contribution >= 4 is 22.7 Å². The maximum Gasteiger partial charge on any atom is 0.262 e. The first-order valence-corrected chi connectivity index (χ1v) is 13.6. The molecule has 0 unspecified atom stereocenters. The van der Waals surface area contributed by atoms with Crippen LogP contribution in [0.3, 0.4) is 0 Å². The molecule has 0 saturated carbocycles. The van der Waals surface area contributed by atoms with Crippen LogP contribution in [0.5, 0.6) is 5.75 Å². The van der Waals surface area contributed by atoms with E-state index in [2.05, 4.69) is 4.98 Å². The SMILES string of the molecule is Cc1nc(C)c(-c2cc(-c3c(C)nc(-c4cccc(F)c4O)n(CCc4ccccc4)c3=O)sc2C)s1. The number of phenolic OH excluding ortho intramolecular Hbond substituents is 1. The largest absolute Gasteiger partial charge is 0.504 e. The molecule has 0 aliphatic heterocycles. The average Bonchev–Trinajstić information content (AvgIpc) is 3.40. The van der Waals surface area contributed by atoms with Gasteiger partial charge in [0, 0.05) is 21.9 Å². The van der Waals surface area contributed by atoms with Crippen molar-refractivity contribution in [2.75, 3.05) is 0 Å². The number of para-hydroxylation sites is 1. The Kier molecular flexibility index (Phi) is 6.79. The molecular weight excluding hydrogens is 505 g/mol. The Balaban J connectivity index is 1.68. The molecular formula is C29H26FN3O2S2. The summed E-state index contributed by atoms with van der Waals surface area (Å²) in [4.78, 5) is 26.4. The first kappa shape index (κ1) is 25.0. The summed E-state index contributed by atoms with van der Waals surface area (Å²) in [6, 6.07) is 16.2. The van der Waals surface area contributed by atoms with E-state index in [-0.39, 0.29) is 16.9 Å². The first-order valence-electron chi connectivity index (χ1n) is 11.9. The molecule has 0 saturated heterocycles. The Bertz CT molecular complexity index is 1670. The first-order chi connectivity index (χ1) is 17.7. The number of phenols is 1. The van der Waals surface area contributed by atoms with Crippen molar-refractivity contribution in [1.29, 1.82) is 0 Å². The number of thiazole rings is 1. The Morgan fingerprint density at radius 3 is 2.38 bits per heavy atom. The lowest BCUT2D eigenvalue weighted by Gasteiger charge is -2.16. The second-order valence-electron chi connectivity index (χ2n) is 8.95. The van der Waals surface area contributed by atoms with Crippen LogP contribution in [0.15, 0.2) is 59.4 Å². The van der Waals surface area contributed by atoms with Gasteiger partial charge < -0.3 is 5.11 Å². The van der Waals surface area contributed by atoms with Crippen molar-refractivity contribution < 1.29 is 9.50 Å². The van der Waals surface area contributed by atoms with Crippen molar-refractivity contribution in [1.82, 2.24) is 14.5 Å². The van der Waals surface area contributed by atoms with E-state index in [1.165, 1.54) is 12.1 Å². The van der Waals surface area contributed by atoms with Gasteiger partial charge in [0.05, 0.1) is 32.4 Å². The van der Waals surface area contributed by atoms with Crippen molar-refractivity contribution in [3.05, 3.63) is 97.6 Å². The van der Waals surface area contributed by atoms with Gasteiger partial charge in [0.25, 0.3) is 5.56 Å². The minimum absolute atomic E-state index is 0.193. The van der Waals surface area contributed by atoms with Gasteiger partial charge in [-0.15, -0.1) is 22.7 Å². The van der Waals surface area contributed by atoms with Gasteiger partial charge >= 0.3 is 0 Å². The van der Waals surface area contributed by atoms with Gasteiger partial charge in [-0.3, -0.25) is 9.36 Å². The monoisotopic (exact) mass is 531 g/mol. The molecule has 8 heteroatoms. The van der Waals surface area contributed by atoms with E-state index in [0.717, 1.165) is 36.5 Å². The van der Waals surface area contributed by atoms with Crippen LogP contribution >= 0.6 is 22.7 Å². The zero-order chi connectivity index (χ0) is 26.3. The van der Waals surface area contributed by atoms with E-state index < -0.39 is 11.6 Å². The van der Waals surface area contributed by atoms with Crippen LogP contribution < -0.4 is 5.56 Å². The molecule has 3 heterocycles. The van der Waals surface area contributed by atoms with E-state index in [9.17, 15) is 14.3 Å². The second kappa shape index (κ2) is 10.0. The number of aryl methyl sites for hydroxylation is 5. The quantitative estimate of drug-likeness (QED) is 0.254. The topological polar surface area (TPSA) is 68.0 Å². The number of thiophene rings is 1. The molecule has 0 amide bonds. The molecule has 188 valence electrons. The Morgan fingerprint density at radius 2 is 1.68 bits per heavy atom. The highest BCUT2D eigenvalue weighted by Gasteiger charge is 2.23. The molecule has 5 rings (SSSR count). The zero-order valence-electron chi connectivity index (χ0n) is 21.0. The normalized spacial score (nSPS) is 11.3. The van der Waals surface area contributed by atoms with Crippen LogP contribution in [0.1, 0.15) is 26.8 Å². The summed E-state index contributed by atoms with van der Waals surface area (Å²) in [7, 11) is 0. The molecule has 0 spiro atoms. The van der Waals surface area contributed by atoms with E-state index in [0.29, 0.717) is 24.2 Å².